The van der Waals surface area contributed by atoms with Gasteiger partial charge in [-0.2, -0.15) is 0 Å². The van der Waals surface area contributed by atoms with Gasteiger partial charge in [0.25, 0.3) is 0 Å². The molecule has 5 rings (SSSR count). The van der Waals surface area contributed by atoms with E-state index in [9.17, 15) is 9.59 Å². The van der Waals surface area contributed by atoms with Crippen LogP contribution in [0.4, 0.5) is 0 Å². The molecular weight excluding hydrogens is 627 g/mol. The summed E-state index contributed by atoms with van der Waals surface area (Å²) in [6.07, 6.45) is 12.9. The molecular formula is C38H55N3O4S2. The van der Waals surface area contributed by atoms with Crippen LogP contribution in [-0.2, 0) is 16.0 Å². The summed E-state index contributed by atoms with van der Waals surface area (Å²) in [5.41, 5.74) is 3.43. The number of fused-ring (bicyclic) bond motifs is 3. The Morgan fingerprint density at radius 1 is 0.638 bits per heavy atom. The number of carbonyl (C=O) groups excluding carboxylic acids is 2. The van der Waals surface area contributed by atoms with E-state index in [4.69, 9.17) is 34.7 Å². The van der Waals surface area contributed by atoms with Crippen LogP contribution in [0.2, 0.25) is 0 Å². The number of aromatic nitrogens is 1. The molecule has 3 heterocycles. The van der Waals surface area contributed by atoms with Crippen LogP contribution in [-0.4, -0.2) is 88.3 Å². The molecule has 2 fully saturated rings. The van der Waals surface area contributed by atoms with Crippen molar-refractivity contribution < 1.29 is 19.1 Å². The zero-order valence-corrected chi connectivity index (χ0v) is 30.6. The standard InChI is InChI=1S/C38H55N3O4S2/c1-4-5-6-7-8-9-10-11-12-13-18-41-33-16-14-29(35(42)37(2,46)39-19-23-44-24-20-39)27-31(33)32-28-30(15-17-34(32)41)36(43)38(3,47)40-21-25-45-26-22-40/h14-17,27-28,46-47H,4-13,18-26H2,1-3H3. The molecule has 2 aromatic carbocycles. The van der Waals surface area contributed by atoms with E-state index in [1.807, 2.05) is 38.1 Å². The first-order chi connectivity index (χ1) is 22.7. The Labute approximate surface area is 292 Å². The number of morpholine rings is 2. The van der Waals surface area contributed by atoms with Crippen molar-refractivity contribution in [1.29, 1.82) is 0 Å². The Kier molecular flexibility index (Phi) is 12.9. The zero-order chi connectivity index (χ0) is 33.4. The Balaban J connectivity index is 1.41. The quantitative estimate of drug-likeness (QED) is 0.0855. The van der Waals surface area contributed by atoms with Crippen LogP contribution in [0.25, 0.3) is 21.8 Å². The lowest BCUT2D eigenvalue weighted by atomic mass is 9.98. The lowest BCUT2D eigenvalue weighted by Crippen LogP contribution is -2.52. The molecule has 0 radical (unpaired) electrons. The molecule has 7 nitrogen and oxygen atoms in total. The lowest BCUT2D eigenvalue weighted by Gasteiger charge is -2.38. The average Bonchev–Trinajstić information content (AvgIpc) is 3.41. The highest BCUT2D eigenvalue weighted by Gasteiger charge is 2.39. The molecule has 2 saturated heterocycles. The molecule has 2 aliphatic heterocycles. The van der Waals surface area contributed by atoms with Crippen LogP contribution in [0.15, 0.2) is 36.4 Å². The Hall–Kier alpha value is -1.88. The zero-order valence-electron chi connectivity index (χ0n) is 28.8. The van der Waals surface area contributed by atoms with Crippen molar-refractivity contribution in [2.24, 2.45) is 0 Å². The van der Waals surface area contributed by atoms with Crippen molar-refractivity contribution in [3.8, 4) is 0 Å². The Morgan fingerprint density at radius 2 is 1.02 bits per heavy atom. The number of unbranched alkanes of at least 4 members (excludes halogenated alkanes) is 9. The van der Waals surface area contributed by atoms with Gasteiger partial charge < -0.3 is 14.0 Å². The molecule has 0 amide bonds. The molecule has 0 bridgehead atoms. The van der Waals surface area contributed by atoms with Gasteiger partial charge in [0.2, 0.25) is 0 Å². The minimum Gasteiger partial charge on any atom is -0.379 e. The molecule has 3 aromatic rings. The van der Waals surface area contributed by atoms with Crippen molar-refractivity contribution in [3.63, 3.8) is 0 Å². The van der Waals surface area contributed by atoms with Crippen LogP contribution < -0.4 is 0 Å². The maximum Gasteiger partial charge on any atom is 0.192 e. The van der Waals surface area contributed by atoms with E-state index in [1.54, 1.807) is 0 Å². The summed E-state index contributed by atoms with van der Waals surface area (Å²) in [4.78, 5) is 30.2. The maximum atomic E-state index is 14.0. The highest BCUT2D eigenvalue weighted by Crippen LogP contribution is 2.35. The number of hydrogen-bond acceptors (Lipinski definition) is 8. The molecule has 258 valence electrons. The van der Waals surface area contributed by atoms with Gasteiger partial charge in [-0.1, -0.05) is 64.7 Å². The van der Waals surface area contributed by atoms with Gasteiger partial charge >= 0.3 is 0 Å². The molecule has 2 atom stereocenters. The molecule has 0 N–H and O–H groups in total. The molecule has 2 aliphatic rings. The monoisotopic (exact) mass is 681 g/mol. The minimum atomic E-state index is -0.945. The number of ether oxygens (including phenoxy) is 2. The molecule has 0 spiro atoms. The number of Topliss-reactive ketones (excluding diaryl/α,β-unsaturated/α-hetero) is 2. The fraction of sp³-hybridized carbons (Fsp3) is 0.632. The molecule has 0 aliphatic carbocycles. The predicted molar refractivity (Wildman–Crippen MR) is 200 cm³/mol. The topological polar surface area (TPSA) is 64.0 Å². The average molecular weight is 682 g/mol. The second-order valence-electron chi connectivity index (χ2n) is 13.7. The number of ketones is 2. The van der Waals surface area contributed by atoms with E-state index >= 15 is 0 Å². The normalized spacial score (nSPS) is 19.2. The summed E-state index contributed by atoms with van der Waals surface area (Å²) >= 11 is 9.77. The van der Waals surface area contributed by atoms with Gasteiger partial charge in [0.1, 0.15) is 9.74 Å². The van der Waals surface area contributed by atoms with E-state index < -0.39 is 9.74 Å². The van der Waals surface area contributed by atoms with Gasteiger partial charge in [0.15, 0.2) is 11.6 Å². The van der Waals surface area contributed by atoms with Gasteiger partial charge in [-0.05, 0) is 56.7 Å². The van der Waals surface area contributed by atoms with Crippen LogP contribution in [0.3, 0.4) is 0 Å². The second-order valence-corrected chi connectivity index (χ2v) is 15.4. The van der Waals surface area contributed by atoms with Crippen LogP contribution >= 0.6 is 25.3 Å². The van der Waals surface area contributed by atoms with Crippen molar-refractivity contribution in [2.45, 2.75) is 101 Å². The molecule has 1 aromatic heterocycles. The van der Waals surface area contributed by atoms with Gasteiger partial charge in [0, 0.05) is 65.7 Å². The fourth-order valence-electron chi connectivity index (χ4n) is 7.22. The van der Waals surface area contributed by atoms with E-state index in [0.717, 1.165) is 34.8 Å². The first kappa shape index (κ1) is 36.4. The van der Waals surface area contributed by atoms with Crippen LogP contribution in [0.1, 0.15) is 106 Å². The Morgan fingerprint density at radius 3 is 1.43 bits per heavy atom. The maximum absolute atomic E-state index is 14.0. The SMILES string of the molecule is CCCCCCCCCCCCn1c2ccc(C(=O)C(C)(S)N3CCOCC3)cc2c2cc(C(=O)C(C)(S)N3CCOCC3)ccc21. The summed E-state index contributed by atoms with van der Waals surface area (Å²) in [6.45, 7) is 12.0. The van der Waals surface area contributed by atoms with Crippen LogP contribution in [0.5, 0.6) is 0 Å². The van der Waals surface area contributed by atoms with Crippen molar-refractivity contribution >= 4 is 58.6 Å². The lowest BCUT2D eigenvalue weighted by molar-refractivity contribution is 0.0137. The minimum absolute atomic E-state index is 0.0253. The van der Waals surface area contributed by atoms with E-state index in [0.29, 0.717) is 63.7 Å². The number of nitrogens with zero attached hydrogens (tertiary/aromatic N) is 3. The van der Waals surface area contributed by atoms with Crippen LogP contribution in [0, 0.1) is 0 Å². The summed E-state index contributed by atoms with van der Waals surface area (Å²) in [7, 11) is 0. The van der Waals surface area contributed by atoms with Crippen molar-refractivity contribution in [2.75, 3.05) is 52.6 Å². The summed E-state index contributed by atoms with van der Waals surface area (Å²) in [5, 5.41) is 1.98. The number of thiol groups is 2. The van der Waals surface area contributed by atoms with E-state index in [1.165, 1.54) is 57.8 Å². The summed E-state index contributed by atoms with van der Waals surface area (Å²) in [6, 6.07) is 12.1. The smallest absolute Gasteiger partial charge is 0.192 e. The molecule has 0 saturated carbocycles. The van der Waals surface area contributed by atoms with Crippen molar-refractivity contribution in [3.05, 3.63) is 47.5 Å². The van der Waals surface area contributed by atoms with E-state index in [2.05, 4.69) is 33.4 Å². The summed E-state index contributed by atoms with van der Waals surface area (Å²) < 4.78 is 13.4. The van der Waals surface area contributed by atoms with Gasteiger partial charge in [0.05, 0.1) is 26.4 Å². The third-order valence-corrected chi connectivity index (χ3v) is 11.2. The van der Waals surface area contributed by atoms with E-state index in [-0.39, 0.29) is 11.6 Å². The fourth-order valence-corrected chi connectivity index (χ4v) is 7.87. The number of carbonyl (C=O) groups is 2. The largest absolute Gasteiger partial charge is 0.379 e. The number of benzene rings is 2. The first-order valence-electron chi connectivity index (χ1n) is 17.9. The van der Waals surface area contributed by atoms with Gasteiger partial charge in [-0.15, -0.1) is 25.3 Å². The number of rotatable bonds is 17. The molecule has 9 heteroatoms. The number of aryl methyl sites for hydroxylation is 1. The highest BCUT2D eigenvalue weighted by molar-refractivity contribution is 7.82. The van der Waals surface area contributed by atoms with Gasteiger partial charge in [-0.3, -0.25) is 19.4 Å². The second kappa shape index (κ2) is 16.7. The first-order valence-corrected chi connectivity index (χ1v) is 18.8. The third kappa shape index (κ3) is 8.47. The van der Waals surface area contributed by atoms with Crippen molar-refractivity contribution in [1.82, 2.24) is 14.4 Å². The third-order valence-electron chi connectivity index (χ3n) is 10.2. The molecule has 2 unspecified atom stereocenters. The number of hydrogen-bond donors (Lipinski definition) is 2. The Bertz CT molecular complexity index is 1410. The highest BCUT2D eigenvalue weighted by atomic mass is 32.1. The molecule has 47 heavy (non-hydrogen) atoms. The predicted octanol–water partition coefficient (Wildman–Crippen LogP) is 8.04. The summed E-state index contributed by atoms with van der Waals surface area (Å²) in [5.74, 6) is -0.0505. The van der Waals surface area contributed by atoms with Gasteiger partial charge in [-0.25, -0.2) is 0 Å².